The third kappa shape index (κ3) is 6.03. The molecule has 0 unspecified atom stereocenters. The summed E-state index contributed by atoms with van der Waals surface area (Å²) in [7, 11) is 0. The highest BCUT2D eigenvalue weighted by molar-refractivity contribution is 5.98. The summed E-state index contributed by atoms with van der Waals surface area (Å²) in [6.45, 7) is 3.01. The Hall–Kier alpha value is -3.43. The summed E-state index contributed by atoms with van der Waals surface area (Å²) < 4.78 is 0. The molecule has 2 amide bonds. The molecule has 0 bridgehead atoms. The van der Waals surface area contributed by atoms with E-state index in [0.717, 1.165) is 37.1 Å². The van der Waals surface area contributed by atoms with Crippen molar-refractivity contribution in [3.63, 3.8) is 0 Å². The minimum atomic E-state index is -0.820. The zero-order valence-electron chi connectivity index (χ0n) is 20.2. The first-order valence-corrected chi connectivity index (χ1v) is 12.5. The Balaban J connectivity index is 1.57. The second-order valence-electron chi connectivity index (χ2n) is 9.82. The first kappa shape index (κ1) is 25.7. The van der Waals surface area contributed by atoms with Crippen LogP contribution in [-0.2, 0) is 22.4 Å². The van der Waals surface area contributed by atoms with E-state index in [2.05, 4.69) is 10.6 Å². The lowest BCUT2D eigenvalue weighted by Crippen LogP contribution is -2.32. The average molecular weight is 495 g/mol. The number of nitrogens with one attached hydrogen (secondary N) is 2. The molecule has 0 saturated carbocycles. The molecule has 4 atom stereocenters. The van der Waals surface area contributed by atoms with E-state index in [1.807, 2.05) is 12.1 Å². The molecule has 6 N–H and O–H groups in total. The van der Waals surface area contributed by atoms with E-state index >= 15 is 0 Å². The van der Waals surface area contributed by atoms with Crippen molar-refractivity contribution < 1.29 is 24.6 Å². The summed E-state index contributed by atoms with van der Waals surface area (Å²) in [5.74, 6) is -2.55. The highest BCUT2D eigenvalue weighted by Gasteiger charge is 2.32. The Morgan fingerprint density at radius 2 is 1.28 bits per heavy atom. The highest BCUT2D eigenvalue weighted by Crippen LogP contribution is 2.31. The van der Waals surface area contributed by atoms with Gasteiger partial charge in [0, 0.05) is 0 Å². The van der Waals surface area contributed by atoms with Crippen LogP contribution in [0.4, 0.5) is 16.2 Å². The maximum absolute atomic E-state index is 12.5. The van der Waals surface area contributed by atoms with Gasteiger partial charge in [0.2, 0.25) is 0 Å². The standard InChI is InChI=1S/C27H34N4O5/c28-27(36)31(21-5-1-3-17(11-21)13-23(25(32)33)19-7-9-29-15-19)22-6-2-4-18(12-22)14-24(26(34)35)20-8-10-30-16-20/h1-6,11-12,19-20,23-24,29-30H,7-10,13-16H2,(H2,28,36)(H,32,33)(H,34,35)/t19-,20-,23-,24-/m0/s1. The molecule has 2 heterocycles. The topological polar surface area (TPSA) is 145 Å². The predicted molar refractivity (Wildman–Crippen MR) is 136 cm³/mol. The molecule has 2 aliphatic heterocycles. The lowest BCUT2D eigenvalue weighted by Gasteiger charge is -2.24. The van der Waals surface area contributed by atoms with Gasteiger partial charge in [0.05, 0.1) is 23.2 Å². The van der Waals surface area contributed by atoms with Crippen molar-refractivity contribution in [1.29, 1.82) is 0 Å². The number of carboxylic acids is 2. The van der Waals surface area contributed by atoms with Crippen LogP contribution in [0.1, 0.15) is 24.0 Å². The van der Waals surface area contributed by atoms with E-state index < -0.39 is 29.8 Å². The van der Waals surface area contributed by atoms with Gasteiger partial charge in [-0.25, -0.2) is 4.79 Å². The van der Waals surface area contributed by atoms with Gasteiger partial charge >= 0.3 is 18.0 Å². The molecular weight excluding hydrogens is 460 g/mol. The summed E-state index contributed by atoms with van der Waals surface area (Å²) in [5.41, 5.74) is 8.49. The van der Waals surface area contributed by atoms with Crippen LogP contribution in [-0.4, -0.2) is 54.4 Å². The van der Waals surface area contributed by atoms with Crippen LogP contribution in [0.5, 0.6) is 0 Å². The van der Waals surface area contributed by atoms with Gasteiger partial charge in [-0.3, -0.25) is 14.5 Å². The minimum Gasteiger partial charge on any atom is -0.481 e. The van der Waals surface area contributed by atoms with Crippen molar-refractivity contribution in [3.8, 4) is 0 Å². The number of nitrogens with zero attached hydrogens (tertiary/aromatic N) is 1. The molecule has 4 rings (SSSR count). The molecule has 36 heavy (non-hydrogen) atoms. The number of hydrogen-bond acceptors (Lipinski definition) is 5. The summed E-state index contributed by atoms with van der Waals surface area (Å²) in [5, 5.41) is 26.1. The number of rotatable bonds is 10. The molecule has 2 aliphatic rings. The number of hydrogen-bond donors (Lipinski definition) is 5. The highest BCUT2D eigenvalue weighted by atomic mass is 16.4. The Morgan fingerprint density at radius 1 is 0.833 bits per heavy atom. The third-order valence-corrected chi connectivity index (χ3v) is 7.44. The number of carboxylic acid groups (broad SMARTS) is 2. The maximum Gasteiger partial charge on any atom is 0.323 e. The number of amides is 2. The van der Waals surface area contributed by atoms with E-state index in [4.69, 9.17) is 5.73 Å². The first-order chi connectivity index (χ1) is 17.3. The monoisotopic (exact) mass is 494 g/mol. The van der Waals surface area contributed by atoms with Crippen molar-refractivity contribution in [2.45, 2.75) is 25.7 Å². The van der Waals surface area contributed by atoms with E-state index in [1.54, 1.807) is 36.4 Å². The zero-order valence-corrected chi connectivity index (χ0v) is 20.2. The molecule has 2 saturated heterocycles. The summed E-state index contributed by atoms with van der Waals surface area (Å²) in [4.78, 5) is 37.8. The second-order valence-corrected chi connectivity index (χ2v) is 9.82. The van der Waals surface area contributed by atoms with Crippen LogP contribution >= 0.6 is 0 Å². The number of urea groups is 1. The average Bonchev–Trinajstić information content (AvgIpc) is 3.56. The molecule has 2 aromatic rings. The fourth-order valence-electron chi connectivity index (χ4n) is 5.51. The Labute approximate surface area is 210 Å². The third-order valence-electron chi connectivity index (χ3n) is 7.44. The van der Waals surface area contributed by atoms with Gasteiger partial charge in [-0.15, -0.1) is 0 Å². The van der Waals surface area contributed by atoms with Crippen LogP contribution in [0.15, 0.2) is 48.5 Å². The van der Waals surface area contributed by atoms with Gasteiger partial charge < -0.3 is 26.6 Å². The van der Waals surface area contributed by atoms with E-state index in [0.29, 0.717) is 37.3 Å². The molecule has 192 valence electrons. The molecule has 9 heteroatoms. The van der Waals surface area contributed by atoms with Gasteiger partial charge in [0.15, 0.2) is 0 Å². The molecular formula is C27H34N4O5. The van der Waals surface area contributed by atoms with Gasteiger partial charge in [-0.05, 0) is 99.1 Å². The van der Waals surface area contributed by atoms with Crippen LogP contribution in [0.2, 0.25) is 0 Å². The number of benzene rings is 2. The van der Waals surface area contributed by atoms with Gasteiger partial charge in [-0.2, -0.15) is 0 Å². The van der Waals surface area contributed by atoms with Crippen molar-refractivity contribution in [2.75, 3.05) is 31.1 Å². The number of nitrogens with two attached hydrogens (primary N) is 1. The number of carbonyl (C=O) groups excluding carboxylic acids is 1. The number of carbonyl (C=O) groups is 3. The fraction of sp³-hybridized carbons (Fsp3) is 0.444. The number of anilines is 2. The molecule has 0 aliphatic carbocycles. The van der Waals surface area contributed by atoms with E-state index in [9.17, 15) is 24.6 Å². The van der Waals surface area contributed by atoms with Crippen molar-refractivity contribution in [3.05, 3.63) is 59.7 Å². The SMILES string of the molecule is NC(=O)N(c1cccc(C[C@H](C(=O)O)[C@H]2CCNC2)c1)c1cccc(C[C@H](C(=O)O)[C@H]2CCNC2)c1. The van der Waals surface area contributed by atoms with Crippen molar-refractivity contribution in [1.82, 2.24) is 10.6 Å². The first-order valence-electron chi connectivity index (χ1n) is 12.5. The summed E-state index contributed by atoms with van der Waals surface area (Å²) in [6, 6.07) is 13.8. The lowest BCUT2D eigenvalue weighted by molar-refractivity contribution is -0.144. The van der Waals surface area contributed by atoms with Gasteiger partial charge in [0.25, 0.3) is 0 Å². The lowest BCUT2D eigenvalue weighted by atomic mass is 9.86. The predicted octanol–water partition coefficient (Wildman–Crippen LogP) is 2.61. The molecule has 0 radical (unpaired) electrons. The van der Waals surface area contributed by atoms with Gasteiger partial charge in [0.1, 0.15) is 0 Å². The van der Waals surface area contributed by atoms with E-state index in [1.165, 1.54) is 4.90 Å². The molecule has 0 aromatic heterocycles. The van der Waals surface area contributed by atoms with Crippen LogP contribution in [0.25, 0.3) is 0 Å². The number of primary amides is 1. The van der Waals surface area contributed by atoms with Crippen molar-refractivity contribution >= 4 is 29.3 Å². The zero-order chi connectivity index (χ0) is 25.7. The summed E-state index contributed by atoms with van der Waals surface area (Å²) >= 11 is 0. The Kier molecular flexibility index (Phi) is 8.22. The van der Waals surface area contributed by atoms with Gasteiger partial charge in [-0.1, -0.05) is 24.3 Å². The maximum atomic E-state index is 12.5. The number of aliphatic carboxylic acids is 2. The second kappa shape index (κ2) is 11.5. The molecule has 2 fully saturated rings. The molecule has 2 aromatic carbocycles. The Bertz CT molecular complexity index is 1020. The fourth-order valence-corrected chi connectivity index (χ4v) is 5.51. The summed E-state index contributed by atoms with van der Waals surface area (Å²) in [6.07, 6.45) is 2.37. The largest absolute Gasteiger partial charge is 0.481 e. The normalized spacial score (nSPS) is 21.1. The minimum absolute atomic E-state index is 0.0623. The van der Waals surface area contributed by atoms with Crippen LogP contribution < -0.4 is 21.3 Å². The quantitative estimate of drug-likeness (QED) is 0.341. The molecule has 0 spiro atoms. The van der Waals surface area contributed by atoms with Crippen LogP contribution in [0.3, 0.4) is 0 Å². The molecule has 9 nitrogen and oxygen atoms in total. The van der Waals surface area contributed by atoms with Crippen molar-refractivity contribution in [2.24, 2.45) is 29.4 Å². The van der Waals surface area contributed by atoms with E-state index in [-0.39, 0.29) is 11.8 Å². The van der Waals surface area contributed by atoms with Crippen LogP contribution in [0, 0.1) is 23.7 Å². The Morgan fingerprint density at radius 3 is 1.61 bits per heavy atom. The smallest absolute Gasteiger partial charge is 0.323 e.